The number of carbonyl (C=O) groups is 1. The second-order valence-electron chi connectivity index (χ2n) is 6.69. The van der Waals surface area contributed by atoms with E-state index in [0.29, 0.717) is 6.54 Å². The van der Waals surface area contributed by atoms with E-state index in [1.165, 1.54) is 5.56 Å². The highest BCUT2D eigenvalue weighted by Crippen LogP contribution is 2.13. The van der Waals surface area contributed by atoms with Gasteiger partial charge in [-0.1, -0.05) is 30.3 Å². The van der Waals surface area contributed by atoms with Crippen molar-refractivity contribution in [1.29, 1.82) is 0 Å². The smallest absolute Gasteiger partial charge is 0.315 e. The maximum atomic E-state index is 12.1. The number of piperidine rings is 1. The highest BCUT2D eigenvalue weighted by Gasteiger charge is 2.21. The van der Waals surface area contributed by atoms with Gasteiger partial charge in [0.2, 0.25) is 0 Å². The number of aromatic nitrogens is 2. The zero-order valence-electron chi connectivity index (χ0n) is 14.8. The van der Waals surface area contributed by atoms with Crippen LogP contribution in [0.1, 0.15) is 24.1 Å². The minimum absolute atomic E-state index is 0.0810. The molecule has 3 rings (SSSR count). The first-order valence-corrected chi connectivity index (χ1v) is 8.98. The molecule has 0 aliphatic carbocycles. The van der Waals surface area contributed by atoms with Crippen LogP contribution in [0.2, 0.25) is 0 Å². The fourth-order valence-corrected chi connectivity index (χ4v) is 3.30. The molecule has 6 heteroatoms. The summed E-state index contributed by atoms with van der Waals surface area (Å²) in [5.41, 5.74) is 2.32. The van der Waals surface area contributed by atoms with E-state index in [4.69, 9.17) is 0 Å². The molecule has 0 unspecified atom stereocenters. The summed E-state index contributed by atoms with van der Waals surface area (Å²) in [4.78, 5) is 14.5. The van der Waals surface area contributed by atoms with Crippen LogP contribution >= 0.6 is 0 Å². The van der Waals surface area contributed by atoms with Gasteiger partial charge in [0.25, 0.3) is 0 Å². The number of nitrogens with one attached hydrogen (secondary N) is 2. The van der Waals surface area contributed by atoms with Crippen molar-refractivity contribution >= 4 is 6.03 Å². The van der Waals surface area contributed by atoms with Gasteiger partial charge in [-0.3, -0.25) is 9.58 Å². The molecule has 1 atom stereocenters. The molecule has 134 valence electrons. The second kappa shape index (κ2) is 8.67. The second-order valence-corrected chi connectivity index (χ2v) is 6.69. The lowest BCUT2D eigenvalue weighted by atomic mass is 10.0. The third-order valence-electron chi connectivity index (χ3n) is 4.53. The summed E-state index contributed by atoms with van der Waals surface area (Å²) in [6.45, 7) is 3.54. The fourth-order valence-electron chi connectivity index (χ4n) is 3.30. The lowest BCUT2D eigenvalue weighted by molar-refractivity contribution is 0.180. The Hall–Kier alpha value is -2.34. The topological polar surface area (TPSA) is 62.2 Å². The summed E-state index contributed by atoms with van der Waals surface area (Å²) < 4.78 is 1.78. The van der Waals surface area contributed by atoms with E-state index in [9.17, 15) is 4.79 Å². The minimum Gasteiger partial charge on any atom is -0.338 e. The Labute approximate surface area is 149 Å². The molecule has 0 bridgehead atoms. The van der Waals surface area contributed by atoms with Crippen molar-refractivity contribution in [2.24, 2.45) is 7.05 Å². The molecule has 1 fully saturated rings. The third-order valence-corrected chi connectivity index (χ3v) is 4.53. The lowest BCUT2D eigenvalue weighted by Gasteiger charge is -2.33. The van der Waals surface area contributed by atoms with Gasteiger partial charge in [-0.05, 0) is 31.0 Å². The average Bonchev–Trinajstić information content (AvgIpc) is 3.01. The highest BCUT2D eigenvalue weighted by molar-refractivity contribution is 5.74. The molecule has 1 aromatic heterocycles. The van der Waals surface area contributed by atoms with Crippen LogP contribution in [-0.2, 0) is 20.0 Å². The average molecular weight is 341 g/mol. The first-order chi connectivity index (χ1) is 12.2. The molecule has 1 aromatic carbocycles. The molecule has 6 nitrogen and oxygen atoms in total. The number of likely N-dealkylation sites (tertiary alicyclic amines) is 1. The predicted molar refractivity (Wildman–Crippen MR) is 98.2 cm³/mol. The maximum absolute atomic E-state index is 12.1. The van der Waals surface area contributed by atoms with Crippen molar-refractivity contribution in [3.05, 3.63) is 53.9 Å². The Morgan fingerprint density at radius 1 is 1.28 bits per heavy atom. The van der Waals surface area contributed by atoms with Crippen LogP contribution in [0.25, 0.3) is 0 Å². The van der Waals surface area contributed by atoms with E-state index in [1.807, 2.05) is 25.4 Å². The van der Waals surface area contributed by atoms with E-state index in [1.54, 1.807) is 4.68 Å². The molecular formula is C19H27N5O. The number of carbonyl (C=O) groups excluding carboxylic acids is 1. The highest BCUT2D eigenvalue weighted by atomic mass is 16.2. The normalized spacial score (nSPS) is 18.0. The monoisotopic (exact) mass is 341 g/mol. The number of hydrogen-bond donors (Lipinski definition) is 2. The molecule has 0 spiro atoms. The number of amides is 2. The Bertz CT molecular complexity index is 669. The van der Waals surface area contributed by atoms with Crippen LogP contribution in [-0.4, -0.2) is 46.4 Å². The number of benzene rings is 1. The Morgan fingerprint density at radius 3 is 2.88 bits per heavy atom. The van der Waals surface area contributed by atoms with Crippen LogP contribution in [0.5, 0.6) is 0 Å². The van der Waals surface area contributed by atoms with Gasteiger partial charge < -0.3 is 10.6 Å². The molecule has 25 heavy (non-hydrogen) atoms. The summed E-state index contributed by atoms with van der Waals surface area (Å²) in [6.07, 6.45) is 4.82. The van der Waals surface area contributed by atoms with Crippen molar-refractivity contribution in [2.75, 3.05) is 19.6 Å². The van der Waals surface area contributed by atoms with Gasteiger partial charge >= 0.3 is 6.03 Å². The van der Waals surface area contributed by atoms with Gasteiger partial charge in [-0.15, -0.1) is 0 Å². The lowest BCUT2D eigenvalue weighted by Crippen LogP contribution is -2.50. The predicted octanol–water partition coefficient (Wildman–Crippen LogP) is 1.93. The van der Waals surface area contributed by atoms with Crippen LogP contribution in [0, 0.1) is 0 Å². The fraction of sp³-hybridized carbons (Fsp3) is 0.474. The zero-order chi connectivity index (χ0) is 17.5. The Kier molecular flexibility index (Phi) is 6.06. The van der Waals surface area contributed by atoms with Gasteiger partial charge in [0.1, 0.15) is 0 Å². The summed E-state index contributed by atoms with van der Waals surface area (Å²) in [5.74, 6) is 0. The summed E-state index contributed by atoms with van der Waals surface area (Å²) >= 11 is 0. The Morgan fingerprint density at radius 2 is 2.12 bits per heavy atom. The third kappa shape index (κ3) is 5.60. The van der Waals surface area contributed by atoms with Crippen LogP contribution < -0.4 is 10.6 Å². The zero-order valence-corrected chi connectivity index (χ0v) is 14.8. The van der Waals surface area contributed by atoms with E-state index in [0.717, 1.165) is 44.6 Å². The van der Waals surface area contributed by atoms with Gasteiger partial charge in [-0.25, -0.2) is 4.79 Å². The summed E-state index contributed by atoms with van der Waals surface area (Å²) in [6, 6.07) is 12.6. The largest absolute Gasteiger partial charge is 0.338 e. The first-order valence-electron chi connectivity index (χ1n) is 8.98. The Balaban J connectivity index is 1.38. The van der Waals surface area contributed by atoms with Crippen LogP contribution in [0.3, 0.4) is 0 Å². The number of rotatable bonds is 6. The molecule has 2 heterocycles. The first kappa shape index (κ1) is 17.5. The van der Waals surface area contributed by atoms with Gasteiger partial charge in [0.05, 0.1) is 5.69 Å². The van der Waals surface area contributed by atoms with Crippen molar-refractivity contribution in [3.8, 4) is 0 Å². The molecule has 1 aliphatic heterocycles. The van der Waals surface area contributed by atoms with Crippen molar-refractivity contribution in [1.82, 2.24) is 25.3 Å². The van der Waals surface area contributed by atoms with Gasteiger partial charge in [-0.2, -0.15) is 5.10 Å². The number of urea groups is 1. The van der Waals surface area contributed by atoms with Crippen LogP contribution in [0.4, 0.5) is 4.79 Å². The van der Waals surface area contributed by atoms with Gasteiger partial charge in [0, 0.05) is 45.3 Å². The van der Waals surface area contributed by atoms with E-state index in [-0.39, 0.29) is 12.1 Å². The summed E-state index contributed by atoms with van der Waals surface area (Å²) in [7, 11) is 1.90. The quantitative estimate of drug-likeness (QED) is 0.844. The molecule has 2 aromatic rings. The van der Waals surface area contributed by atoms with Crippen molar-refractivity contribution in [3.63, 3.8) is 0 Å². The van der Waals surface area contributed by atoms with E-state index in [2.05, 4.69) is 44.9 Å². The standard InChI is InChI=1S/C19H27N5O/c1-23-13-10-17(22-23)9-11-20-19(25)21-18-8-5-12-24(15-18)14-16-6-3-2-4-7-16/h2-4,6-7,10,13,18H,5,8-9,11-12,14-15H2,1H3,(H2,20,21,25)/t18-/m1/s1. The molecule has 0 radical (unpaired) electrons. The SMILES string of the molecule is Cn1ccc(CCNC(=O)N[C@@H]2CCCN(Cc3ccccc3)C2)n1. The molecule has 1 saturated heterocycles. The molecule has 1 aliphatic rings. The van der Waals surface area contributed by atoms with Gasteiger partial charge in [0.15, 0.2) is 0 Å². The van der Waals surface area contributed by atoms with Crippen molar-refractivity contribution < 1.29 is 4.79 Å². The molecule has 2 amide bonds. The molecular weight excluding hydrogens is 314 g/mol. The van der Waals surface area contributed by atoms with Crippen molar-refractivity contribution in [2.45, 2.75) is 31.8 Å². The van der Waals surface area contributed by atoms with E-state index >= 15 is 0 Å². The minimum atomic E-state index is -0.0810. The molecule has 0 saturated carbocycles. The molecule has 2 N–H and O–H groups in total. The number of hydrogen-bond acceptors (Lipinski definition) is 3. The maximum Gasteiger partial charge on any atom is 0.315 e. The van der Waals surface area contributed by atoms with Crippen LogP contribution in [0.15, 0.2) is 42.6 Å². The number of nitrogens with zero attached hydrogens (tertiary/aromatic N) is 3. The number of aryl methyl sites for hydroxylation is 1. The summed E-state index contributed by atoms with van der Waals surface area (Å²) in [5, 5.41) is 10.4. The van der Waals surface area contributed by atoms with E-state index < -0.39 is 0 Å².